The van der Waals surface area contributed by atoms with E-state index in [0.29, 0.717) is 0 Å². The van der Waals surface area contributed by atoms with Crippen LogP contribution in [0, 0.1) is 0 Å². The minimum atomic E-state index is 0.949. The van der Waals surface area contributed by atoms with Gasteiger partial charge in [0.1, 0.15) is 0 Å². The van der Waals surface area contributed by atoms with E-state index in [2.05, 4.69) is 164 Å². The van der Waals surface area contributed by atoms with E-state index in [1.54, 1.807) is 0 Å². The van der Waals surface area contributed by atoms with Crippen molar-refractivity contribution in [3.05, 3.63) is 168 Å². The zero-order chi connectivity index (χ0) is 34.6. The molecule has 7 heterocycles. The average Bonchev–Trinajstić information content (AvgIpc) is 3.95. The second-order valence-electron chi connectivity index (χ2n) is 15.6. The highest BCUT2D eigenvalue weighted by molar-refractivity contribution is 6.35. The van der Waals surface area contributed by atoms with Gasteiger partial charge in [0.15, 0.2) is 0 Å². The second-order valence-corrected chi connectivity index (χ2v) is 15.6. The number of aromatic nitrogens is 4. The molecule has 0 N–H and O–H groups in total. The van der Waals surface area contributed by atoms with Crippen LogP contribution in [0.4, 0.5) is 0 Å². The number of fused-ring (bicyclic) bond motifs is 20. The van der Waals surface area contributed by atoms with Crippen molar-refractivity contribution in [1.82, 2.24) is 17.9 Å². The van der Waals surface area contributed by atoms with Gasteiger partial charge in [-0.3, -0.25) is 0 Å². The van der Waals surface area contributed by atoms with E-state index in [0.717, 1.165) is 12.8 Å². The van der Waals surface area contributed by atoms with Crippen LogP contribution in [0.3, 0.4) is 0 Å². The summed E-state index contributed by atoms with van der Waals surface area (Å²) in [7, 11) is 0. The molecule has 0 radical (unpaired) electrons. The van der Waals surface area contributed by atoms with Crippen molar-refractivity contribution in [1.29, 1.82) is 0 Å². The van der Waals surface area contributed by atoms with Gasteiger partial charge in [-0.05, 0) is 58.7 Å². The van der Waals surface area contributed by atoms with Gasteiger partial charge >= 0.3 is 0 Å². The molecule has 15 rings (SSSR count). The maximum Gasteiger partial charge on any atom is 0.0804 e. The molecule has 0 atom stereocenters. The van der Waals surface area contributed by atoms with Gasteiger partial charge in [0, 0.05) is 67.3 Å². The van der Waals surface area contributed by atoms with Crippen LogP contribution >= 0.6 is 0 Å². The number of para-hydroxylation sites is 6. The molecule has 2 aliphatic rings. The summed E-state index contributed by atoms with van der Waals surface area (Å²) < 4.78 is 10.4. The molecule has 0 spiro atoms. The van der Waals surface area contributed by atoms with Crippen molar-refractivity contribution >= 4 is 98.3 Å². The van der Waals surface area contributed by atoms with Crippen LogP contribution in [0.25, 0.3) is 110 Å². The Balaban J connectivity index is 1.29. The second kappa shape index (κ2) is 8.76. The van der Waals surface area contributed by atoms with Gasteiger partial charge in [0.25, 0.3) is 0 Å². The van der Waals surface area contributed by atoms with Crippen LogP contribution in [0.5, 0.6) is 0 Å². The van der Waals surface area contributed by atoms with E-state index in [1.165, 1.54) is 132 Å². The molecule has 0 fully saturated rings. The maximum atomic E-state index is 2.61. The lowest BCUT2D eigenvalue weighted by molar-refractivity contribution is 1.05. The predicted octanol–water partition coefficient (Wildman–Crippen LogP) is 12.2. The van der Waals surface area contributed by atoms with Crippen molar-refractivity contribution in [2.75, 3.05) is 0 Å². The lowest BCUT2D eigenvalue weighted by Gasteiger charge is -2.21. The van der Waals surface area contributed by atoms with Crippen LogP contribution in [0.15, 0.2) is 146 Å². The molecule has 0 amide bonds. The molecule has 0 saturated carbocycles. The van der Waals surface area contributed by atoms with Gasteiger partial charge < -0.3 is 17.9 Å². The monoisotopic (exact) mass is 684 g/mol. The Bertz CT molecular complexity index is 3640. The SMILES string of the molecule is c1ccc2c(c1)Cc1cccc3c4cc5c6c(c7ccccc7n6c6cc7c8cccc9c8n(c7c7c8ccccc8n5c76)-c5ccccc5C9)c4n-2c13. The van der Waals surface area contributed by atoms with Gasteiger partial charge in [0.2, 0.25) is 0 Å². The third-order valence-electron chi connectivity index (χ3n) is 13.2. The quantitative estimate of drug-likeness (QED) is 0.142. The third-order valence-corrected chi connectivity index (χ3v) is 13.2. The molecular weight excluding hydrogens is 657 g/mol. The van der Waals surface area contributed by atoms with Crippen LogP contribution in [0.2, 0.25) is 0 Å². The lowest BCUT2D eigenvalue weighted by Crippen LogP contribution is -2.07. The number of hydrogen-bond acceptors (Lipinski definition) is 0. The first-order valence-corrected chi connectivity index (χ1v) is 19.0. The summed E-state index contributed by atoms with van der Waals surface area (Å²) >= 11 is 0. The first-order chi connectivity index (χ1) is 26.8. The summed E-state index contributed by atoms with van der Waals surface area (Å²) in [5.41, 5.74) is 21.0. The highest BCUT2D eigenvalue weighted by atomic mass is 15.1. The number of benzene rings is 8. The number of rotatable bonds is 0. The van der Waals surface area contributed by atoms with Gasteiger partial charge in [-0.1, -0.05) is 109 Å². The zero-order valence-electron chi connectivity index (χ0n) is 29.1. The summed E-state index contributed by atoms with van der Waals surface area (Å²) in [6.45, 7) is 0. The Hall–Kier alpha value is -7.04. The minimum Gasteiger partial charge on any atom is -0.308 e. The van der Waals surface area contributed by atoms with E-state index in [-0.39, 0.29) is 0 Å². The van der Waals surface area contributed by atoms with Crippen LogP contribution in [0.1, 0.15) is 22.3 Å². The molecule has 248 valence electrons. The van der Waals surface area contributed by atoms with Gasteiger partial charge in [0.05, 0.1) is 55.2 Å². The van der Waals surface area contributed by atoms with Crippen molar-refractivity contribution in [2.45, 2.75) is 12.8 Å². The minimum absolute atomic E-state index is 0.949. The Morgan fingerprint density at radius 2 is 0.704 bits per heavy atom. The topological polar surface area (TPSA) is 18.7 Å². The highest BCUT2D eigenvalue weighted by Crippen LogP contribution is 2.51. The summed E-state index contributed by atoms with van der Waals surface area (Å²) in [5.74, 6) is 0. The Kier molecular flexibility index (Phi) is 4.33. The van der Waals surface area contributed by atoms with E-state index in [1.807, 2.05) is 0 Å². The normalized spacial score (nSPS) is 13.8. The van der Waals surface area contributed by atoms with E-state index in [4.69, 9.17) is 0 Å². The molecule has 54 heavy (non-hydrogen) atoms. The molecule has 0 bridgehead atoms. The number of nitrogens with zero attached hydrogens (tertiary/aromatic N) is 4. The van der Waals surface area contributed by atoms with E-state index in [9.17, 15) is 0 Å². The molecule has 4 nitrogen and oxygen atoms in total. The fourth-order valence-electron chi connectivity index (χ4n) is 11.3. The van der Waals surface area contributed by atoms with Crippen LogP contribution < -0.4 is 0 Å². The van der Waals surface area contributed by atoms with Crippen molar-refractivity contribution in [3.63, 3.8) is 0 Å². The van der Waals surface area contributed by atoms with Crippen molar-refractivity contribution < 1.29 is 0 Å². The Labute approximate surface area is 307 Å². The van der Waals surface area contributed by atoms with Crippen molar-refractivity contribution in [2.24, 2.45) is 0 Å². The molecule has 13 aromatic rings. The molecule has 4 heteroatoms. The first-order valence-electron chi connectivity index (χ1n) is 19.0. The standard InChI is InChI=1S/C50H28N4/c1-5-19-37-27(11-1)23-29-13-9-17-31-35-25-41-49-43(47(35)53(37)45(29)31)33-15-3-7-21-39(33)51(49)42-26-36-32-18-10-14-30-24-28-12-2-6-20-38(28)54(46(30)32)48(36)44-34-16-4-8-22-40(34)52(41)50(42)44/h1-22,25-26H,23-24H2. The lowest BCUT2D eigenvalue weighted by atomic mass is 9.97. The fourth-order valence-corrected chi connectivity index (χ4v) is 11.3. The average molecular weight is 685 g/mol. The van der Waals surface area contributed by atoms with E-state index < -0.39 is 0 Å². The van der Waals surface area contributed by atoms with Crippen molar-refractivity contribution in [3.8, 4) is 11.4 Å². The number of hydrogen-bond donors (Lipinski definition) is 0. The van der Waals surface area contributed by atoms with Crippen LogP contribution in [-0.4, -0.2) is 17.9 Å². The van der Waals surface area contributed by atoms with Gasteiger partial charge in [-0.25, -0.2) is 0 Å². The van der Waals surface area contributed by atoms with Crippen LogP contribution in [-0.2, 0) is 12.8 Å². The highest BCUT2D eigenvalue weighted by Gasteiger charge is 2.31. The smallest absolute Gasteiger partial charge is 0.0804 e. The molecular formula is C50H28N4. The third kappa shape index (κ3) is 2.77. The van der Waals surface area contributed by atoms with Gasteiger partial charge in [-0.2, -0.15) is 0 Å². The Morgan fingerprint density at radius 3 is 1.20 bits per heavy atom. The molecule has 8 aromatic carbocycles. The summed E-state index contributed by atoms with van der Waals surface area (Å²) in [6.07, 6.45) is 1.90. The zero-order valence-corrected chi connectivity index (χ0v) is 29.1. The van der Waals surface area contributed by atoms with E-state index >= 15 is 0 Å². The largest absolute Gasteiger partial charge is 0.308 e. The summed E-state index contributed by atoms with van der Waals surface area (Å²) in [6, 6.07) is 55.2. The van der Waals surface area contributed by atoms with Gasteiger partial charge in [-0.15, -0.1) is 0 Å². The molecule has 0 aliphatic carbocycles. The summed E-state index contributed by atoms with van der Waals surface area (Å²) in [4.78, 5) is 0. The molecule has 5 aromatic heterocycles. The predicted molar refractivity (Wildman–Crippen MR) is 224 cm³/mol. The molecule has 0 saturated heterocycles. The maximum absolute atomic E-state index is 2.61. The molecule has 0 unspecified atom stereocenters. The Morgan fingerprint density at radius 1 is 0.296 bits per heavy atom. The summed E-state index contributed by atoms with van der Waals surface area (Å²) in [5, 5.41) is 10.5. The first kappa shape index (κ1) is 26.7. The molecule has 2 aliphatic heterocycles. The fraction of sp³-hybridized carbons (Fsp3) is 0.0400.